The van der Waals surface area contributed by atoms with Crippen molar-refractivity contribution in [2.75, 3.05) is 12.4 Å². The maximum absolute atomic E-state index is 12.2. The summed E-state index contributed by atoms with van der Waals surface area (Å²) in [5, 5.41) is 11.8. The Bertz CT molecular complexity index is 702. The van der Waals surface area contributed by atoms with Gasteiger partial charge in [-0.05, 0) is 38.1 Å². The number of benzene rings is 1. The highest BCUT2D eigenvalue weighted by molar-refractivity contribution is 6.08. The fraction of sp³-hybridized carbons (Fsp3) is 0.200. The molecular weight excluding hydrogens is 274 g/mol. The van der Waals surface area contributed by atoms with Crippen LogP contribution in [0, 0.1) is 13.8 Å². The molecule has 2 N–H and O–H groups in total. The Morgan fingerprint density at radius 2 is 1.90 bits per heavy atom. The highest BCUT2D eigenvalue weighted by atomic mass is 16.5. The minimum atomic E-state index is -1.15. The van der Waals surface area contributed by atoms with Gasteiger partial charge in [-0.2, -0.15) is 0 Å². The average molecular weight is 289 g/mol. The van der Waals surface area contributed by atoms with E-state index in [9.17, 15) is 14.7 Å². The summed E-state index contributed by atoms with van der Waals surface area (Å²) in [5.41, 5.74) is 0.534. The molecule has 0 aliphatic carbocycles. The van der Waals surface area contributed by atoms with Gasteiger partial charge in [0.05, 0.1) is 23.9 Å². The van der Waals surface area contributed by atoms with Gasteiger partial charge >= 0.3 is 5.97 Å². The van der Waals surface area contributed by atoms with Gasteiger partial charge in [0.15, 0.2) is 0 Å². The van der Waals surface area contributed by atoms with E-state index in [1.54, 1.807) is 26.0 Å². The van der Waals surface area contributed by atoms with Gasteiger partial charge in [0.2, 0.25) is 0 Å². The average Bonchev–Trinajstić information content (AvgIpc) is 2.78. The second-order valence-electron chi connectivity index (χ2n) is 4.50. The molecule has 0 saturated heterocycles. The van der Waals surface area contributed by atoms with Crippen molar-refractivity contribution in [3.63, 3.8) is 0 Å². The van der Waals surface area contributed by atoms with E-state index >= 15 is 0 Å². The molecule has 0 bridgehead atoms. The van der Waals surface area contributed by atoms with E-state index < -0.39 is 11.9 Å². The molecule has 0 spiro atoms. The number of hydrogen-bond acceptors (Lipinski definition) is 4. The van der Waals surface area contributed by atoms with Gasteiger partial charge in [-0.25, -0.2) is 4.79 Å². The van der Waals surface area contributed by atoms with Crippen LogP contribution in [-0.4, -0.2) is 24.1 Å². The molecule has 2 rings (SSSR count). The molecule has 0 aliphatic heterocycles. The number of carboxylic acids is 1. The number of anilines is 1. The smallest absolute Gasteiger partial charge is 0.337 e. The number of nitrogens with one attached hydrogen (secondary N) is 1. The predicted molar refractivity (Wildman–Crippen MR) is 76.1 cm³/mol. The fourth-order valence-electron chi connectivity index (χ4n) is 1.98. The third-order valence-electron chi connectivity index (χ3n) is 2.99. The van der Waals surface area contributed by atoms with Gasteiger partial charge in [0.25, 0.3) is 5.91 Å². The second-order valence-corrected chi connectivity index (χ2v) is 4.50. The molecule has 0 unspecified atom stereocenters. The molecule has 6 nitrogen and oxygen atoms in total. The van der Waals surface area contributed by atoms with Crippen LogP contribution in [0.25, 0.3) is 0 Å². The summed E-state index contributed by atoms with van der Waals surface area (Å²) < 4.78 is 10.3. The normalized spacial score (nSPS) is 10.2. The molecule has 0 radical (unpaired) electrons. The fourth-order valence-corrected chi connectivity index (χ4v) is 1.98. The molecule has 6 heteroatoms. The number of ether oxygens (including phenoxy) is 1. The van der Waals surface area contributed by atoms with Crippen LogP contribution in [0.5, 0.6) is 5.75 Å². The van der Waals surface area contributed by atoms with Crippen LogP contribution in [0.4, 0.5) is 5.69 Å². The Morgan fingerprint density at radius 1 is 1.19 bits per heavy atom. The minimum absolute atomic E-state index is 0.0411. The topological polar surface area (TPSA) is 88.8 Å². The zero-order chi connectivity index (χ0) is 15.6. The maximum Gasteiger partial charge on any atom is 0.337 e. The first-order chi connectivity index (χ1) is 9.92. The van der Waals surface area contributed by atoms with Crippen molar-refractivity contribution >= 4 is 17.6 Å². The molecule has 2 aromatic rings. The molecule has 1 aromatic heterocycles. The molecule has 1 aromatic carbocycles. The van der Waals surface area contributed by atoms with Crippen molar-refractivity contribution < 1.29 is 23.8 Å². The largest absolute Gasteiger partial charge is 0.497 e. The van der Waals surface area contributed by atoms with Gasteiger partial charge in [-0.15, -0.1) is 0 Å². The van der Waals surface area contributed by atoms with Crippen molar-refractivity contribution in [1.29, 1.82) is 0 Å². The number of furan rings is 1. The summed E-state index contributed by atoms with van der Waals surface area (Å²) in [4.78, 5) is 23.4. The van der Waals surface area contributed by atoms with Crippen molar-refractivity contribution in [2.24, 2.45) is 0 Å². The third kappa shape index (κ3) is 3.05. The number of rotatable bonds is 4. The highest BCUT2D eigenvalue weighted by Crippen LogP contribution is 2.23. The summed E-state index contributed by atoms with van der Waals surface area (Å²) in [7, 11) is 1.44. The Hall–Kier alpha value is -2.76. The SMILES string of the molecule is COc1ccc(NC(=O)c2cc(C)oc2C)c(C(=O)O)c1. The monoisotopic (exact) mass is 289 g/mol. The molecule has 0 saturated carbocycles. The molecule has 110 valence electrons. The van der Waals surface area contributed by atoms with Crippen LogP contribution >= 0.6 is 0 Å². The van der Waals surface area contributed by atoms with Gasteiger partial charge in [0.1, 0.15) is 17.3 Å². The summed E-state index contributed by atoms with van der Waals surface area (Å²) in [6, 6.07) is 6.03. The van der Waals surface area contributed by atoms with E-state index in [-0.39, 0.29) is 11.3 Å². The number of amides is 1. The molecular formula is C15H15NO5. The Labute approximate surface area is 121 Å². The Morgan fingerprint density at radius 3 is 2.43 bits per heavy atom. The van der Waals surface area contributed by atoms with Crippen LogP contribution in [0.2, 0.25) is 0 Å². The summed E-state index contributed by atoms with van der Waals surface area (Å²) >= 11 is 0. The van der Waals surface area contributed by atoms with Gasteiger partial charge < -0.3 is 19.6 Å². The zero-order valence-electron chi connectivity index (χ0n) is 11.9. The van der Waals surface area contributed by atoms with Crippen LogP contribution in [-0.2, 0) is 0 Å². The van der Waals surface area contributed by atoms with E-state index in [0.29, 0.717) is 22.8 Å². The van der Waals surface area contributed by atoms with Gasteiger partial charge in [-0.3, -0.25) is 4.79 Å². The van der Waals surface area contributed by atoms with E-state index in [2.05, 4.69) is 5.32 Å². The minimum Gasteiger partial charge on any atom is -0.497 e. The van der Waals surface area contributed by atoms with Crippen LogP contribution in [0.1, 0.15) is 32.2 Å². The van der Waals surface area contributed by atoms with Gasteiger partial charge in [0, 0.05) is 0 Å². The molecule has 0 atom stereocenters. The number of methoxy groups -OCH3 is 1. The number of carboxylic acid groups (broad SMARTS) is 1. The highest BCUT2D eigenvalue weighted by Gasteiger charge is 2.17. The predicted octanol–water partition coefficient (Wildman–Crippen LogP) is 2.86. The molecule has 0 aliphatic rings. The molecule has 1 amide bonds. The summed E-state index contributed by atoms with van der Waals surface area (Å²) in [6.07, 6.45) is 0. The van der Waals surface area contributed by atoms with Gasteiger partial charge in [-0.1, -0.05) is 0 Å². The van der Waals surface area contributed by atoms with Crippen molar-refractivity contribution in [1.82, 2.24) is 0 Å². The van der Waals surface area contributed by atoms with E-state index in [1.807, 2.05) is 0 Å². The van der Waals surface area contributed by atoms with Crippen LogP contribution in [0.15, 0.2) is 28.7 Å². The lowest BCUT2D eigenvalue weighted by Crippen LogP contribution is -2.15. The number of aromatic carboxylic acids is 1. The lowest BCUT2D eigenvalue weighted by Gasteiger charge is -2.09. The summed E-state index contributed by atoms with van der Waals surface area (Å²) in [5.74, 6) is -0.0664. The van der Waals surface area contributed by atoms with Crippen LogP contribution < -0.4 is 10.1 Å². The van der Waals surface area contributed by atoms with Crippen molar-refractivity contribution in [3.05, 3.63) is 46.9 Å². The second kappa shape index (κ2) is 5.70. The van der Waals surface area contributed by atoms with E-state index in [1.165, 1.54) is 19.2 Å². The van der Waals surface area contributed by atoms with Crippen molar-refractivity contribution in [2.45, 2.75) is 13.8 Å². The first kappa shape index (κ1) is 14.6. The van der Waals surface area contributed by atoms with E-state index in [0.717, 1.165) is 0 Å². The molecule has 21 heavy (non-hydrogen) atoms. The van der Waals surface area contributed by atoms with Crippen molar-refractivity contribution in [3.8, 4) is 5.75 Å². The first-order valence-electron chi connectivity index (χ1n) is 6.22. The zero-order valence-corrected chi connectivity index (χ0v) is 11.9. The molecule has 0 fully saturated rings. The summed E-state index contributed by atoms with van der Waals surface area (Å²) in [6.45, 7) is 3.41. The number of carbonyl (C=O) groups excluding carboxylic acids is 1. The Kier molecular flexibility index (Phi) is 3.98. The quantitative estimate of drug-likeness (QED) is 0.903. The number of hydrogen-bond donors (Lipinski definition) is 2. The standard InChI is InChI=1S/C15H15NO5/c1-8-6-11(9(2)21-8)14(17)16-13-5-4-10(20-3)7-12(13)15(18)19/h4-7H,1-3H3,(H,16,17)(H,18,19). The number of aryl methyl sites for hydroxylation is 2. The Balaban J connectivity index is 2.33. The maximum atomic E-state index is 12.2. The lowest BCUT2D eigenvalue weighted by molar-refractivity contribution is 0.0697. The molecule has 1 heterocycles. The van der Waals surface area contributed by atoms with Crippen LogP contribution in [0.3, 0.4) is 0 Å². The van der Waals surface area contributed by atoms with E-state index in [4.69, 9.17) is 9.15 Å². The number of carbonyl (C=O) groups is 2. The first-order valence-corrected chi connectivity index (χ1v) is 6.22. The lowest BCUT2D eigenvalue weighted by atomic mass is 10.1. The third-order valence-corrected chi connectivity index (χ3v) is 2.99.